The molecule has 0 aliphatic carbocycles. The number of methoxy groups -OCH3 is 1. The van der Waals surface area contributed by atoms with E-state index in [9.17, 15) is 14.6 Å². The largest absolute Gasteiger partial charge is 0.508 e. The van der Waals surface area contributed by atoms with Gasteiger partial charge in [-0.1, -0.05) is 18.2 Å². The molecule has 6 heteroatoms. The van der Waals surface area contributed by atoms with Crippen molar-refractivity contribution in [1.29, 1.82) is 0 Å². The van der Waals surface area contributed by atoms with E-state index >= 15 is 0 Å². The lowest BCUT2D eigenvalue weighted by atomic mass is 10.1. The number of halogens is 1. The van der Waals surface area contributed by atoms with E-state index in [4.69, 9.17) is 9.47 Å². The molecule has 0 fully saturated rings. The molecule has 0 aliphatic heterocycles. The van der Waals surface area contributed by atoms with Gasteiger partial charge in [0.05, 0.1) is 19.3 Å². The van der Waals surface area contributed by atoms with Crippen LogP contribution in [-0.4, -0.2) is 43.6 Å². The van der Waals surface area contributed by atoms with E-state index in [1.807, 2.05) is 0 Å². The highest BCUT2D eigenvalue weighted by atomic mass is 19.1. The first kappa shape index (κ1) is 23.3. The average Bonchev–Trinajstić information content (AvgIpc) is 2.72. The van der Waals surface area contributed by atoms with Crippen molar-refractivity contribution in [3.05, 3.63) is 65.0 Å². The van der Waals surface area contributed by atoms with E-state index in [0.29, 0.717) is 25.3 Å². The summed E-state index contributed by atoms with van der Waals surface area (Å²) in [5.74, 6) is -0.0367. The van der Waals surface area contributed by atoms with Gasteiger partial charge < -0.3 is 25.0 Å². The summed E-state index contributed by atoms with van der Waals surface area (Å²) < 4.78 is 23.5. The van der Waals surface area contributed by atoms with Crippen molar-refractivity contribution >= 4 is 0 Å². The van der Waals surface area contributed by atoms with Gasteiger partial charge in [-0.15, -0.1) is 0 Å². The smallest absolute Gasteiger partial charge is 0.123 e. The van der Waals surface area contributed by atoms with Crippen LogP contribution < -0.4 is 5.32 Å². The number of phenols is 1. The second kappa shape index (κ2) is 13.3. The van der Waals surface area contributed by atoms with Crippen molar-refractivity contribution in [1.82, 2.24) is 5.32 Å². The Morgan fingerprint density at radius 1 is 1.03 bits per heavy atom. The third kappa shape index (κ3) is 8.92. The SMILES string of the molecule is COCc1cc(C(O)CNCCCCCOCCc2ccc(F)cc2)ccc1O. The van der Waals surface area contributed by atoms with Gasteiger partial charge in [0.2, 0.25) is 0 Å². The number of aliphatic hydroxyl groups excluding tert-OH is 1. The van der Waals surface area contributed by atoms with Gasteiger partial charge >= 0.3 is 0 Å². The molecule has 0 bridgehead atoms. The van der Waals surface area contributed by atoms with E-state index in [-0.39, 0.29) is 11.6 Å². The second-order valence-electron chi connectivity index (χ2n) is 7.09. The van der Waals surface area contributed by atoms with Crippen molar-refractivity contribution in [2.75, 3.05) is 33.4 Å². The van der Waals surface area contributed by atoms with E-state index in [0.717, 1.165) is 50.0 Å². The number of aromatic hydroxyl groups is 1. The molecule has 0 spiro atoms. The maximum absolute atomic E-state index is 12.8. The van der Waals surface area contributed by atoms with Crippen molar-refractivity contribution in [2.24, 2.45) is 0 Å². The summed E-state index contributed by atoms with van der Waals surface area (Å²) in [5, 5.41) is 23.3. The molecule has 1 unspecified atom stereocenters. The molecule has 160 valence electrons. The van der Waals surface area contributed by atoms with Crippen LogP contribution in [0.5, 0.6) is 5.75 Å². The minimum atomic E-state index is -0.624. The van der Waals surface area contributed by atoms with Crippen molar-refractivity contribution < 1.29 is 24.1 Å². The number of hydrogen-bond acceptors (Lipinski definition) is 5. The van der Waals surface area contributed by atoms with E-state index in [1.165, 1.54) is 12.1 Å². The van der Waals surface area contributed by atoms with Gasteiger partial charge in [-0.3, -0.25) is 0 Å². The Morgan fingerprint density at radius 2 is 1.83 bits per heavy atom. The highest BCUT2D eigenvalue weighted by Gasteiger charge is 2.10. The molecule has 0 amide bonds. The predicted octanol–water partition coefficient (Wildman–Crippen LogP) is 3.73. The Balaban J connectivity index is 1.49. The highest BCUT2D eigenvalue weighted by molar-refractivity contribution is 5.36. The summed E-state index contributed by atoms with van der Waals surface area (Å²) in [7, 11) is 1.57. The molecule has 29 heavy (non-hydrogen) atoms. The maximum atomic E-state index is 12.8. The second-order valence-corrected chi connectivity index (χ2v) is 7.09. The Morgan fingerprint density at radius 3 is 2.59 bits per heavy atom. The standard InChI is InChI=1S/C23H32FNO4/c1-28-17-20-15-19(7-10-22(20)26)23(27)16-25-12-3-2-4-13-29-14-11-18-5-8-21(24)9-6-18/h5-10,15,23,25-27H,2-4,11-14,16-17H2,1H3. The van der Waals surface area contributed by atoms with Crippen LogP contribution in [0.2, 0.25) is 0 Å². The topological polar surface area (TPSA) is 71.0 Å². The van der Waals surface area contributed by atoms with E-state index in [1.54, 1.807) is 37.4 Å². The summed E-state index contributed by atoms with van der Waals surface area (Å²) >= 11 is 0. The van der Waals surface area contributed by atoms with Crippen LogP contribution in [0.4, 0.5) is 4.39 Å². The number of aliphatic hydroxyl groups is 1. The van der Waals surface area contributed by atoms with Gasteiger partial charge in [-0.05, 0) is 67.6 Å². The minimum absolute atomic E-state index is 0.177. The molecule has 0 aliphatic rings. The Hall–Kier alpha value is -1.99. The first-order chi connectivity index (χ1) is 14.1. The number of hydrogen-bond donors (Lipinski definition) is 3. The van der Waals surface area contributed by atoms with Crippen LogP contribution >= 0.6 is 0 Å². The summed E-state index contributed by atoms with van der Waals surface area (Å²) in [6.45, 7) is 2.97. The molecule has 0 heterocycles. The third-order valence-corrected chi connectivity index (χ3v) is 4.72. The molecule has 5 nitrogen and oxygen atoms in total. The van der Waals surface area contributed by atoms with Gasteiger partial charge in [0.1, 0.15) is 11.6 Å². The normalized spacial score (nSPS) is 12.2. The molecule has 0 saturated heterocycles. The van der Waals surface area contributed by atoms with Gasteiger partial charge in [0.15, 0.2) is 0 Å². The summed E-state index contributed by atoms with van der Waals surface area (Å²) in [4.78, 5) is 0. The van der Waals surface area contributed by atoms with Crippen LogP contribution in [-0.2, 0) is 22.5 Å². The Bertz CT molecular complexity index is 709. The summed E-state index contributed by atoms with van der Waals surface area (Å²) in [6, 6.07) is 11.6. The molecular formula is C23H32FNO4. The van der Waals surface area contributed by atoms with Crippen LogP contribution in [0.3, 0.4) is 0 Å². The monoisotopic (exact) mass is 405 g/mol. The van der Waals surface area contributed by atoms with Gasteiger partial charge in [0, 0.05) is 25.8 Å². The molecule has 2 rings (SSSR count). The fraction of sp³-hybridized carbons (Fsp3) is 0.478. The number of unbranched alkanes of at least 4 members (excludes halogenated alkanes) is 2. The van der Waals surface area contributed by atoms with Crippen LogP contribution in [0.1, 0.15) is 42.1 Å². The zero-order valence-corrected chi connectivity index (χ0v) is 17.1. The predicted molar refractivity (Wildman–Crippen MR) is 111 cm³/mol. The number of nitrogens with one attached hydrogen (secondary N) is 1. The van der Waals surface area contributed by atoms with Crippen molar-refractivity contribution in [2.45, 2.75) is 38.4 Å². The number of ether oxygens (including phenoxy) is 2. The number of benzene rings is 2. The number of rotatable bonds is 14. The molecule has 2 aromatic carbocycles. The molecule has 0 radical (unpaired) electrons. The Labute approximate surface area is 172 Å². The lowest BCUT2D eigenvalue weighted by molar-refractivity contribution is 0.132. The molecule has 1 atom stereocenters. The molecular weight excluding hydrogens is 373 g/mol. The van der Waals surface area contributed by atoms with Crippen LogP contribution in [0.15, 0.2) is 42.5 Å². The van der Waals surface area contributed by atoms with E-state index < -0.39 is 6.10 Å². The molecule has 0 aromatic heterocycles. The summed E-state index contributed by atoms with van der Waals surface area (Å²) in [5.41, 5.74) is 2.51. The Kier molecular flexibility index (Phi) is 10.7. The number of phenolic OH excluding ortho intramolecular Hbond substituents is 1. The van der Waals surface area contributed by atoms with Crippen LogP contribution in [0, 0.1) is 5.82 Å². The van der Waals surface area contributed by atoms with Crippen molar-refractivity contribution in [3.8, 4) is 5.75 Å². The molecule has 0 saturated carbocycles. The van der Waals surface area contributed by atoms with Gasteiger partial charge in [-0.2, -0.15) is 0 Å². The summed E-state index contributed by atoms with van der Waals surface area (Å²) in [6.07, 6.45) is 3.23. The minimum Gasteiger partial charge on any atom is -0.508 e. The quantitative estimate of drug-likeness (QED) is 0.418. The van der Waals surface area contributed by atoms with E-state index in [2.05, 4.69) is 5.32 Å². The fourth-order valence-corrected chi connectivity index (χ4v) is 3.01. The average molecular weight is 406 g/mol. The van der Waals surface area contributed by atoms with Gasteiger partial charge in [0.25, 0.3) is 0 Å². The highest BCUT2D eigenvalue weighted by Crippen LogP contribution is 2.22. The van der Waals surface area contributed by atoms with Gasteiger partial charge in [-0.25, -0.2) is 4.39 Å². The maximum Gasteiger partial charge on any atom is 0.123 e. The first-order valence-electron chi connectivity index (χ1n) is 10.1. The van der Waals surface area contributed by atoms with Crippen molar-refractivity contribution in [3.63, 3.8) is 0 Å². The zero-order chi connectivity index (χ0) is 20.9. The van der Waals surface area contributed by atoms with Crippen LogP contribution in [0.25, 0.3) is 0 Å². The molecule has 2 aromatic rings. The zero-order valence-electron chi connectivity index (χ0n) is 17.1. The lowest BCUT2D eigenvalue weighted by Crippen LogP contribution is -2.22. The third-order valence-electron chi connectivity index (χ3n) is 4.72. The first-order valence-corrected chi connectivity index (χ1v) is 10.1. The lowest BCUT2D eigenvalue weighted by Gasteiger charge is -2.14. The fourth-order valence-electron chi connectivity index (χ4n) is 3.01. The molecule has 3 N–H and O–H groups in total.